The molecule has 26 heavy (non-hydrogen) atoms. The first-order valence-electron chi connectivity index (χ1n) is 8.33. The minimum Gasteiger partial charge on any atom is -0.481 e. The molecule has 2 aromatic rings. The number of hydrogen-bond donors (Lipinski definition) is 2. The van der Waals surface area contributed by atoms with Crippen LogP contribution in [0.2, 0.25) is 0 Å². The van der Waals surface area contributed by atoms with Gasteiger partial charge in [0.15, 0.2) is 6.10 Å². The van der Waals surface area contributed by atoms with E-state index in [1.807, 2.05) is 32.0 Å². The predicted molar refractivity (Wildman–Crippen MR) is 98.8 cm³/mol. The molecule has 0 aliphatic rings. The van der Waals surface area contributed by atoms with E-state index in [1.165, 1.54) is 0 Å². The maximum atomic E-state index is 12.2. The smallest absolute Gasteiger partial charge is 0.279 e. The van der Waals surface area contributed by atoms with Gasteiger partial charge in [-0.05, 0) is 55.7 Å². The summed E-state index contributed by atoms with van der Waals surface area (Å²) in [6.07, 6.45) is -0.750. The Morgan fingerprint density at radius 3 is 2.38 bits per heavy atom. The van der Waals surface area contributed by atoms with Crippen molar-refractivity contribution in [1.29, 1.82) is 0 Å². The largest absolute Gasteiger partial charge is 0.481 e. The minimum absolute atomic E-state index is 0.402. The Labute approximate surface area is 153 Å². The molecule has 2 aromatic carbocycles. The van der Waals surface area contributed by atoms with E-state index >= 15 is 0 Å². The molecule has 2 N–H and O–H groups in total. The molecule has 0 radical (unpaired) electrons. The number of benzene rings is 2. The fourth-order valence-corrected chi connectivity index (χ4v) is 2.31. The minimum atomic E-state index is -0.750. The van der Waals surface area contributed by atoms with Crippen molar-refractivity contribution in [2.45, 2.75) is 33.5 Å². The fourth-order valence-electron chi connectivity index (χ4n) is 2.31. The topological polar surface area (TPSA) is 76.7 Å². The zero-order chi connectivity index (χ0) is 19.1. The van der Waals surface area contributed by atoms with Crippen molar-refractivity contribution < 1.29 is 19.1 Å². The van der Waals surface area contributed by atoms with Gasteiger partial charge < -0.3 is 9.47 Å². The SMILES string of the molecule is COCc1ccc(C(=O)NNC(=O)[C@@H](C)Oc2cccc(C)c2C)cc1. The molecular formula is C20H24N2O4. The first-order chi connectivity index (χ1) is 12.4. The van der Waals surface area contributed by atoms with E-state index in [0.29, 0.717) is 17.9 Å². The van der Waals surface area contributed by atoms with Crippen LogP contribution in [0.5, 0.6) is 5.75 Å². The molecule has 0 aromatic heterocycles. The predicted octanol–water partition coefficient (Wildman–Crippen LogP) is 2.68. The van der Waals surface area contributed by atoms with Crippen LogP contribution in [-0.2, 0) is 16.1 Å². The lowest BCUT2D eigenvalue weighted by Gasteiger charge is -2.17. The molecule has 6 nitrogen and oxygen atoms in total. The number of nitrogens with one attached hydrogen (secondary N) is 2. The molecule has 1 atom stereocenters. The van der Waals surface area contributed by atoms with Gasteiger partial charge in [0.2, 0.25) is 0 Å². The second kappa shape index (κ2) is 9.01. The van der Waals surface area contributed by atoms with E-state index in [0.717, 1.165) is 16.7 Å². The van der Waals surface area contributed by atoms with Gasteiger partial charge in [-0.25, -0.2) is 0 Å². The second-order valence-electron chi connectivity index (χ2n) is 6.03. The summed E-state index contributed by atoms with van der Waals surface area (Å²) >= 11 is 0. The van der Waals surface area contributed by atoms with Gasteiger partial charge in [-0.1, -0.05) is 24.3 Å². The van der Waals surface area contributed by atoms with Crippen molar-refractivity contribution in [3.05, 3.63) is 64.7 Å². The number of carbonyl (C=O) groups is 2. The Hall–Kier alpha value is -2.86. The third-order valence-corrected chi connectivity index (χ3v) is 4.05. The molecule has 138 valence electrons. The monoisotopic (exact) mass is 356 g/mol. The second-order valence-corrected chi connectivity index (χ2v) is 6.03. The highest BCUT2D eigenvalue weighted by Gasteiger charge is 2.17. The van der Waals surface area contributed by atoms with E-state index in [2.05, 4.69) is 10.9 Å². The number of hydrazine groups is 1. The Morgan fingerprint density at radius 2 is 1.73 bits per heavy atom. The molecule has 0 saturated heterocycles. The molecule has 0 heterocycles. The molecule has 0 aliphatic carbocycles. The van der Waals surface area contributed by atoms with Gasteiger partial charge in [-0.2, -0.15) is 0 Å². The molecule has 0 saturated carbocycles. The van der Waals surface area contributed by atoms with Gasteiger partial charge in [-0.3, -0.25) is 20.4 Å². The molecule has 6 heteroatoms. The average Bonchev–Trinajstić information content (AvgIpc) is 2.64. The molecule has 2 amide bonds. The molecule has 0 bridgehead atoms. The molecule has 0 fully saturated rings. The van der Waals surface area contributed by atoms with Crippen LogP contribution in [-0.4, -0.2) is 25.0 Å². The summed E-state index contributed by atoms with van der Waals surface area (Å²) in [6, 6.07) is 12.6. The van der Waals surface area contributed by atoms with E-state index in [4.69, 9.17) is 9.47 Å². The zero-order valence-electron chi connectivity index (χ0n) is 15.5. The summed E-state index contributed by atoms with van der Waals surface area (Å²) in [5, 5.41) is 0. The summed E-state index contributed by atoms with van der Waals surface area (Å²) in [6.45, 7) is 6.02. The van der Waals surface area contributed by atoms with Crippen LogP contribution in [0.1, 0.15) is 34.0 Å². The Kier molecular flexibility index (Phi) is 6.74. The highest BCUT2D eigenvalue weighted by Crippen LogP contribution is 2.21. The number of carbonyl (C=O) groups excluding carboxylic acids is 2. The quantitative estimate of drug-likeness (QED) is 0.780. The normalized spacial score (nSPS) is 11.5. The summed E-state index contributed by atoms with van der Waals surface area (Å²) in [4.78, 5) is 24.3. The zero-order valence-corrected chi connectivity index (χ0v) is 15.5. The van der Waals surface area contributed by atoms with E-state index in [1.54, 1.807) is 38.3 Å². The number of amides is 2. The summed E-state index contributed by atoms with van der Waals surface area (Å²) in [5.41, 5.74) is 8.24. The van der Waals surface area contributed by atoms with Crippen molar-refractivity contribution in [1.82, 2.24) is 10.9 Å². The van der Waals surface area contributed by atoms with Gasteiger partial charge in [-0.15, -0.1) is 0 Å². The number of ether oxygens (including phenoxy) is 2. The molecule has 0 unspecified atom stereocenters. The maximum Gasteiger partial charge on any atom is 0.279 e. The fraction of sp³-hybridized carbons (Fsp3) is 0.300. The first-order valence-corrected chi connectivity index (χ1v) is 8.33. The first kappa shape index (κ1) is 19.5. The third-order valence-electron chi connectivity index (χ3n) is 4.05. The molecular weight excluding hydrogens is 332 g/mol. The van der Waals surface area contributed by atoms with Gasteiger partial charge >= 0.3 is 0 Å². The van der Waals surface area contributed by atoms with Crippen molar-refractivity contribution in [2.75, 3.05) is 7.11 Å². The Bertz CT molecular complexity index is 772. The number of rotatable bonds is 6. The van der Waals surface area contributed by atoms with Crippen molar-refractivity contribution in [2.24, 2.45) is 0 Å². The molecule has 2 rings (SSSR count). The van der Waals surface area contributed by atoms with Crippen molar-refractivity contribution in [3.63, 3.8) is 0 Å². The summed E-state index contributed by atoms with van der Waals surface area (Å²) in [7, 11) is 1.61. The third kappa shape index (κ3) is 5.07. The van der Waals surface area contributed by atoms with Gasteiger partial charge in [0.05, 0.1) is 6.61 Å². The maximum absolute atomic E-state index is 12.2. The van der Waals surface area contributed by atoms with Gasteiger partial charge in [0, 0.05) is 12.7 Å². The van der Waals surface area contributed by atoms with Crippen molar-refractivity contribution in [3.8, 4) is 5.75 Å². The number of hydrogen-bond acceptors (Lipinski definition) is 4. The number of methoxy groups -OCH3 is 1. The lowest BCUT2D eigenvalue weighted by molar-refractivity contribution is -0.128. The van der Waals surface area contributed by atoms with E-state index < -0.39 is 17.9 Å². The Balaban J connectivity index is 1.88. The van der Waals surface area contributed by atoms with Crippen LogP contribution in [0.25, 0.3) is 0 Å². The standard InChI is InChI=1S/C20H24N2O4/c1-13-6-5-7-18(14(13)2)26-15(3)19(23)21-22-20(24)17-10-8-16(9-11-17)12-25-4/h5-11,15H,12H2,1-4H3,(H,21,23)(H,22,24)/t15-/m1/s1. The van der Waals surface area contributed by atoms with E-state index in [-0.39, 0.29) is 0 Å². The lowest BCUT2D eigenvalue weighted by atomic mass is 10.1. The van der Waals surface area contributed by atoms with Crippen LogP contribution in [0, 0.1) is 13.8 Å². The van der Waals surface area contributed by atoms with Gasteiger partial charge in [0.25, 0.3) is 11.8 Å². The van der Waals surface area contributed by atoms with Crippen LogP contribution in [0.15, 0.2) is 42.5 Å². The number of aryl methyl sites for hydroxylation is 1. The summed E-state index contributed by atoms with van der Waals surface area (Å²) < 4.78 is 10.7. The van der Waals surface area contributed by atoms with Crippen LogP contribution in [0.4, 0.5) is 0 Å². The van der Waals surface area contributed by atoms with Gasteiger partial charge in [0.1, 0.15) is 5.75 Å². The average molecular weight is 356 g/mol. The highest BCUT2D eigenvalue weighted by molar-refractivity contribution is 5.95. The molecule has 0 aliphatic heterocycles. The van der Waals surface area contributed by atoms with E-state index in [9.17, 15) is 9.59 Å². The Morgan fingerprint density at radius 1 is 1.04 bits per heavy atom. The lowest BCUT2D eigenvalue weighted by Crippen LogP contribution is -2.47. The van der Waals surface area contributed by atoms with Crippen molar-refractivity contribution >= 4 is 11.8 Å². The van der Waals surface area contributed by atoms with Crippen LogP contribution < -0.4 is 15.6 Å². The van der Waals surface area contributed by atoms with Crippen LogP contribution >= 0.6 is 0 Å². The van der Waals surface area contributed by atoms with Crippen LogP contribution in [0.3, 0.4) is 0 Å². The summed E-state index contributed by atoms with van der Waals surface area (Å²) in [5.74, 6) is -0.191. The highest BCUT2D eigenvalue weighted by atomic mass is 16.5. The molecule has 0 spiro atoms.